The minimum atomic E-state index is -3.93. The van der Waals surface area contributed by atoms with Crippen molar-refractivity contribution in [2.24, 2.45) is 0 Å². The highest BCUT2D eigenvalue weighted by Crippen LogP contribution is 2.40. The number of halogens is 2. The van der Waals surface area contributed by atoms with E-state index in [1.807, 2.05) is 0 Å². The number of fused-ring (bicyclic) bond motifs is 2. The Labute approximate surface area is 305 Å². The Kier molecular flexibility index (Phi) is 12.6. The number of alkyl halides is 2. The number of benzene rings is 4. The van der Waals surface area contributed by atoms with E-state index >= 15 is 8.78 Å². The van der Waals surface area contributed by atoms with Crippen LogP contribution in [0.25, 0.3) is 0 Å². The Morgan fingerprint density at radius 3 is 2.25 bits per heavy atom. The van der Waals surface area contributed by atoms with E-state index in [-0.39, 0.29) is 41.3 Å². The average molecular weight is 731 g/mol. The highest BCUT2D eigenvalue weighted by molar-refractivity contribution is 5.99. The quantitative estimate of drug-likeness (QED) is 0.0718. The molecule has 0 atom stereocenters. The van der Waals surface area contributed by atoms with E-state index in [0.29, 0.717) is 23.5 Å². The van der Waals surface area contributed by atoms with Crippen molar-refractivity contribution in [3.8, 4) is 23.0 Å². The second-order valence-corrected chi connectivity index (χ2v) is 12.5. The highest BCUT2D eigenvalue weighted by Gasteiger charge is 2.40. The van der Waals surface area contributed by atoms with Crippen LogP contribution in [0.5, 0.6) is 23.0 Å². The summed E-state index contributed by atoms with van der Waals surface area (Å²) in [6.45, 7) is 1.86. The van der Waals surface area contributed by atoms with Gasteiger partial charge in [0.25, 0.3) is 5.91 Å². The van der Waals surface area contributed by atoms with Gasteiger partial charge in [0.15, 0.2) is 5.75 Å². The lowest BCUT2D eigenvalue weighted by atomic mass is 10.0. The van der Waals surface area contributed by atoms with Crippen molar-refractivity contribution >= 4 is 29.4 Å². The predicted octanol–water partition coefficient (Wildman–Crippen LogP) is 7.61. The number of amides is 2. The van der Waals surface area contributed by atoms with E-state index in [9.17, 15) is 24.3 Å². The van der Waals surface area contributed by atoms with Crippen molar-refractivity contribution in [2.45, 2.75) is 58.1 Å². The summed E-state index contributed by atoms with van der Waals surface area (Å²) in [6.07, 6.45) is 1.33. The molecule has 2 N–H and O–H groups in total. The van der Waals surface area contributed by atoms with Crippen molar-refractivity contribution in [1.29, 1.82) is 0 Å². The van der Waals surface area contributed by atoms with Gasteiger partial charge in [-0.2, -0.15) is 8.78 Å². The Morgan fingerprint density at radius 1 is 0.868 bits per heavy atom. The normalized spacial score (nSPS) is 13.1. The molecule has 0 bridgehead atoms. The summed E-state index contributed by atoms with van der Waals surface area (Å²) in [5.41, 5.74) is 0.00410. The zero-order valence-corrected chi connectivity index (χ0v) is 29.4. The molecule has 1 aliphatic heterocycles. The maximum Gasteiger partial charge on any atom is 0.427 e. The van der Waals surface area contributed by atoms with Gasteiger partial charge in [0.1, 0.15) is 23.8 Å². The third-order valence-electron chi connectivity index (χ3n) is 8.45. The zero-order chi connectivity index (χ0) is 38.0. The summed E-state index contributed by atoms with van der Waals surface area (Å²) in [7, 11) is 1.32. The summed E-state index contributed by atoms with van der Waals surface area (Å²) in [6, 6.07) is 20.2. The minimum absolute atomic E-state index is 0.0219. The number of carboxylic acid groups (broad SMARTS) is 1. The average Bonchev–Trinajstić information content (AvgIpc) is 3.17. The number of methoxy groups -OCH3 is 1. The second kappa shape index (κ2) is 17.5. The van der Waals surface area contributed by atoms with Crippen molar-refractivity contribution in [2.75, 3.05) is 25.6 Å². The number of carboxylic acids is 1. The van der Waals surface area contributed by atoms with Gasteiger partial charge < -0.3 is 34.3 Å². The van der Waals surface area contributed by atoms with Crippen LogP contribution in [0.1, 0.15) is 76.4 Å². The van der Waals surface area contributed by atoms with Crippen molar-refractivity contribution in [3.05, 3.63) is 113 Å². The monoisotopic (exact) mass is 730 g/mol. The van der Waals surface area contributed by atoms with E-state index in [0.717, 1.165) is 29.9 Å². The number of anilines is 1. The number of carbonyl (C=O) groups excluding carboxylic acids is 3. The molecule has 0 saturated heterocycles. The van der Waals surface area contributed by atoms with Gasteiger partial charge >= 0.3 is 18.0 Å². The molecule has 13 heteroatoms. The molecule has 4 aromatic carbocycles. The third-order valence-corrected chi connectivity index (χ3v) is 8.45. The van der Waals surface area contributed by atoms with E-state index in [1.54, 1.807) is 36.4 Å². The van der Waals surface area contributed by atoms with Crippen LogP contribution in [0.3, 0.4) is 0 Å². The summed E-state index contributed by atoms with van der Waals surface area (Å²) in [4.78, 5) is 51.9. The summed E-state index contributed by atoms with van der Waals surface area (Å²) in [5.74, 6) is -2.78. The molecular weight excluding hydrogens is 690 g/mol. The third kappa shape index (κ3) is 10.3. The van der Waals surface area contributed by atoms with E-state index in [1.165, 1.54) is 62.8 Å². The number of carbonyl (C=O) groups is 4. The molecule has 0 unspecified atom stereocenters. The molecule has 11 nitrogen and oxygen atoms in total. The molecule has 0 fully saturated rings. The lowest BCUT2D eigenvalue weighted by molar-refractivity contribution is -0.185. The number of ether oxygens (including phenoxy) is 4. The van der Waals surface area contributed by atoms with Crippen LogP contribution in [0.2, 0.25) is 0 Å². The number of hydrogen-bond donors (Lipinski definition) is 2. The minimum Gasteiger partial charge on any atom is -0.497 e. The van der Waals surface area contributed by atoms with Gasteiger partial charge in [0.2, 0.25) is 5.91 Å². The second-order valence-electron chi connectivity index (χ2n) is 12.5. The van der Waals surface area contributed by atoms with Crippen LogP contribution >= 0.6 is 0 Å². The predicted molar refractivity (Wildman–Crippen MR) is 191 cm³/mol. The lowest BCUT2D eigenvalue weighted by Crippen LogP contribution is -2.35. The fraction of sp³-hybridized carbons (Fsp3) is 0.300. The largest absolute Gasteiger partial charge is 0.497 e. The molecule has 1 aliphatic rings. The maximum absolute atomic E-state index is 15.6. The van der Waals surface area contributed by atoms with Crippen LogP contribution in [-0.4, -0.2) is 54.0 Å². The lowest BCUT2D eigenvalue weighted by Gasteiger charge is -2.23. The fourth-order valence-electron chi connectivity index (χ4n) is 5.69. The van der Waals surface area contributed by atoms with E-state index < -0.39 is 47.7 Å². The molecule has 5 rings (SSSR count). The topological polar surface area (TPSA) is 141 Å². The van der Waals surface area contributed by atoms with Crippen LogP contribution < -0.4 is 24.3 Å². The highest BCUT2D eigenvalue weighted by atomic mass is 19.3. The summed E-state index contributed by atoms with van der Waals surface area (Å²) < 4.78 is 52.6. The zero-order valence-electron chi connectivity index (χ0n) is 29.4. The SMILES string of the molecule is CCCCCCCOc1ccc(C(=O)Oc2ccc(CN(CC(=O)O)C(=O)c3ccc4c(c3)OC(F)(F)c3cc(OC)ccc3CC(=O)N4)cc2)cc1. The number of nitrogens with zero attached hydrogens (tertiary/aromatic N) is 1. The molecule has 4 aromatic rings. The standard InChI is InChI=1S/C40H40F2N2O9/c1-3-4-5-6-7-20-51-30-16-10-27(11-17-30)39(49)52-31-14-8-26(9-15-31)24-44(25-37(46)47)38(48)29-13-19-34-35(21-29)53-40(41,42)33-23-32(50-2)18-12-28(33)22-36(45)43-34/h8-19,21,23H,3-7,20,22,24-25H2,1-2H3,(H,43,45)(H,46,47). The smallest absolute Gasteiger partial charge is 0.427 e. The molecule has 0 aromatic heterocycles. The first-order valence-corrected chi connectivity index (χ1v) is 17.2. The number of nitrogens with one attached hydrogen (secondary N) is 1. The van der Waals surface area contributed by atoms with Gasteiger partial charge in [-0.25, -0.2) is 4.79 Å². The van der Waals surface area contributed by atoms with E-state index in [2.05, 4.69) is 12.2 Å². The molecule has 53 heavy (non-hydrogen) atoms. The fourth-order valence-corrected chi connectivity index (χ4v) is 5.69. The Morgan fingerprint density at radius 2 is 1.55 bits per heavy atom. The van der Waals surface area contributed by atoms with Crippen molar-refractivity contribution in [1.82, 2.24) is 4.90 Å². The molecule has 0 radical (unpaired) electrons. The molecule has 0 aliphatic carbocycles. The maximum atomic E-state index is 15.6. The van der Waals surface area contributed by atoms with Gasteiger partial charge in [-0.15, -0.1) is 0 Å². The number of rotatable bonds is 15. The Bertz CT molecular complexity index is 1930. The van der Waals surface area contributed by atoms with Crippen LogP contribution in [0.15, 0.2) is 84.9 Å². The van der Waals surface area contributed by atoms with Gasteiger partial charge in [-0.3, -0.25) is 14.4 Å². The first-order chi connectivity index (χ1) is 25.4. The van der Waals surface area contributed by atoms with Gasteiger partial charge in [0, 0.05) is 12.1 Å². The molecule has 2 amide bonds. The summed E-state index contributed by atoms with van der Waals surface area (Å²) in [5, 5.41) is 12.1. The Balaban J connectivity index is 1.25. The van der Waals surface area contributed by atoms with Gasteiger partial charge in [0.05, 0.1) is 37.0 Å². The molecular formula is C40H40F2N2O9. The van der Waals surface area contributed by atoms with E-state index in [4.69, 9.17) is 18.9 Å². The number of aliphatic carboxylic acids is 1. The van der Waals surface area contributed by atoms with Gasteiger partial charge in [-0.05, 0) is 84.3 Å². The Hall–Kier alpha value is -5.98. The van der Waals surface area contributed by atoms with Crippen LogP contribution in [-0.2, 0) is 28.7 Å². The number of hydrogen-bond acceptors (Lipinski definition) is 8. The molecule has 278 valence electrons. The van der Waals surface area contributed by atoms with Crippen LogP contribution in [0, 0.1) is 0 Å². The number of unbranched alkanes of at least 4 members (excludes halogenated alkanes) is 4. The molecule has 1 heterocycles. The van der Waals surface area contributed by atoms with Crippen molar-refractivity contribution in [3.63, 3.8) is 0 Å². The summed E-state index contributed by atoms with van der Waals surface area (Å²) >= 11 is 0. The van der Waals surface area contributed by atoms with Gasteiger partial charge in [-0.1, -0.05) is 50.8 Å². The first kappa shape index (κ1) is 38.3. The molecule has 0 saturated carbocycles. The molecule has 0 spiro atoms. The van der Waals surface area contributed by atoms with Crippen LogP contribution in [0.4, 0.5) is 14.5 Å². The first-order valence-electron chi connectivity index (χ1n) is 17.2. The van der Waals surface area contributed by atoms with Crippen molar-refractivity contribution < 1.29 is 52.0 Å². The number of esters is 1.